The van der Waals surface area contributed by atoms with Crippen LogP contribution in [0.25, 0.3) is 0 Å². The van der Waals surface area contributed by atoms with Crippen LogP contribution in [-0.2, 0) is 9.59 Å². The zero-order valence-corrected chi connectivity index (χ0v) is 17.6. The number of amides is 4. The number of ether oxygens (including phenoxy) is 2. The van der Waals surface area contributed by atoms with Crippen molar-refractivity contribution in [1.82, 2.24) is 15.1 Å². The van der Waals surface area contributed by atoms with Crippen molar-refractivity contribution in [3.8, 4) is 11.5 Å². The number of likely N-dealkylation sites (tertiary alicyclic amines) is 1. The molecule has 3 aliphatic rings. The van der Waals surface area contributed by atoms with Gasteiger partial charge < -0.3 is 19.7 Å². The number of carbonyl (C=O) groups is 3. The molecule has 1 aromatic rings. The maximum Gasteiger partial charge on any atom is 0.325 e. The van der Waals surface area contributed by atoms with Gasteiger partial charge in [0.05, 0.1) is 20.3 Å². The summed E-state index contributed by atoms with van der Waals surface area (Å²) in [4.78, 5) is 41.5. The summed E-state index contributed by atoms with van der Waals surface area (Å²) in [6.07, 6.45) is 5.91. The van der Waals surface area contributed by atoms with E-state index in [1.54, 1.807) is 19.1 Å². The molecule has 0 unspecified atom stereocenters. The molecule has 1 saturated carbocycles. The Morgan fingerprint density at radius 1 is 1.10 bits per heavy atom. The number of carbonyl (C=O) groups excluding carboxylic acids is 3. The SMILES string of the molecule is COc1ccc([C@@H]2CCCN2C(=O)CN2C(=O)NC3(CCCCC3)C2=O)cc1OC. The van der Waals surface area contributed by atoms with Crippen LogP contribution < -0.4 is 14.8 Å². The molecule has 1 atom stereocenters. The molecular weight excluding hydrogens is 386 g/mol. The van der Waals surface area contributed by atoms with Gasteiger partial charge in [-0.05, 0) is 43.4 Å². The van der Waals surface area contributed by atoms with Gasteiger partial charge in [0.1, 0.15) is 12.1 Å². The first-order valence-electron chi connectivity index (χ1n) is 10.6. The van der Waals surface area contributed by atoms with Crippen LogP contribution in [0, 0.1) is 0 Å². The van der Waals surface area contributed by atoms with Gasteiger partial charge in [-0.25, -0.2) is 4.79 Å². The lowest BCUT2D eigenvalue weighted by atomic mass is 9.82. The molecule has 2 heterocycles. The van der Waals surface area contributed by atoms with E-state index in [-0.39, 0.29) is 24.4 Å². The zero-order valence-electron chi connectivity index (χ0n) is 17.6. The van der Waals surface area contributed by atoms with Crippen molar-refractivity contribution >= 4 is 17.8 Å². The Morgan fingerprint density at radius 3 is 2.53 bits per heavy atom. The number of nitrogens with one attached hydrogen (secondary N) is 1. The van der Waals surface area contributed by atoms with Gasteiger partial charge in [0.15, 0.2) is 11.5 Å². The molecule has 1 aliphatic carbocycles. The lowest BCUT2D eigenvalue weighted by Crippen LogP contribution is -2.49. The van der Waals surface area contributed by atoms with Crippen molar-refractivity contribution in [2.24, 2.45) is 0 Å². The minimum absolute atomic E-state index is 0.110. The minimum atomic E-state index is -0.802. The van der Waals surface area contributed by atoms with E-state index in [4.69, 9.17) is 9.47 Å². The number of rotatable bonds is 5. The molecule has 1 aromatic carbocycles. The first-order chi connectivity index (χ1) is 14.5. The highest BCUT2D eigenvalue weighted by atomic mass is 16.5. The number of hydrogen-bond acceptors (Lipinski definition) is 5. The van der Waals surface area contributed by atoms with Crippen LogP contribution in [0.2, 0.25) is 0 Å². The Bertz CT molecular complexity index is 849. The molecule has 30 heavy (non-hydrogen) atoms. The molecule has 1 N–H and O–H groups in total. The highest BCUT2D eigenvalue weighted by Crippen LogP contribution is 2.38. The van der Waals surface area contributed by atoms with Gasteiger partial charge >= 0.3 is 6.03 Å². The predicted molar refractivity (Wildman–Crippen MR) is 109 cm³/mol. The topological polar surface area (TPSA) is 88.2 Å². The van der Waals surface area contributed by atoms with Crippen molar-refractivity contribution in [1.29, 1.82) is 0 Å². The Labute approximate surface area is 176 Å². The molecule has 1 spiro atoms. The van der Waals surface area contributed by atoms with Gasteiger partial charge in [-0.2, -0.15) is 0 Å². The fourth-order valence-corrected chi connectivity index (χ4v) is 5.01. The molecule has 4 amide bonds. The van der Waals surface area contributed by atoms with Crippen LogP contribution in [-0.4, -0.2) is 60.5 Å². The first-order valence-corrected chi connectivity index (χ1v) is 10.6. The van der Waals surface area contributed by atoms with Crippen LogP contribution in [0.3, 0.4) is 0 Å². The Hall–Kier alpha value is -2.77. The molecule has 4 rings (SSSR count). The van der Waals surface area contributed by atoms with Crippen LogP contribution in [0.4, 0.5) is 4.79 Å². The van der Waals surface area contributed by atoms with Crippen LogP contribution in [0.5, 0.6) is 11.5 Å². The molecule has 3 fully saturated rings. The highest BCUT2D eigenvalue weighted by molar-refractivity contribution is 6.09. The summed E-state index contributed by atoms with van der Waals surface area (Å²) in [5.74, 6) is 0.794. The molecule has 2 aliphatic heterocycles. The number of urea groups is 1. The molecule has 0 radical (unpaired) electrons. The molecule has 2 saturated heterocycles. The van der Waals surface area contributed by atoms with Gasteiger partial charge in [-0.1, -0.05) is 25.3 Å². The monoisotopic (exact) mass is 415 g/mol. The summed E-state index contributed by atoms with van der Waals surface area (Å²) in [6.45, 7) is 0.392. The second kappa shape index (κ2) is 8.16. The number of benzene rings is 1. The first kappa shape index (κ1) is 20.5. The van der Waals surface area contributed by atoms with E-state index in [2.05, 4.69) is 5.32 Å². The molecule has 8 nitrogen and oxygen atoms in total. The van der Waals surface area contributed by atoms with Gasteiger partial charge in [-0.3, -0.25) is 14.5 Å². The lowest BCUT2D eigenvalue weighted by molar-refractivity contribution is -0.140. The Kier molecular flexibility index (Phi) is 5.58. The predicted octanol–water partition coefficient (Wildman–Crippen LogP) is 2.62. The normalized spacial score (nSPS) is 23.1. The second-order valence-corrected chi connectivity index (χ2v) is 8.32. The van der Waals surface area contributed by atoms with E-state index in [0.29, 0.717) is 30.9 Å². The summed E-state index contributed by atoms with van der Waals surface area (Å²) in [6, 6.07) is 5.10. The van der Waals surface area contributed by atoms with Crippen molar-refractivity contribution in [2.75, 3.05) is 27.3 Å². The summed E-state index contributed by atoms with van der Waals surface area (Å²) in [7, 11) is 3.16. The third-order valence-corrected chi connectivity index (χ3v) is 6.61. The summed E-state index contributed by atoms with van der Waals surface area (Å²) in [5.41, 5.74) is 0.156. The molecule has 0 aromatic heterocycles. The number of methoxy groups -OCH3 is 2. The van der Waals surface area contributed by atoms with E-state index in [9.17, 15) is 14.4 Å². The zero-order chi connectivity index (χ0) is 21.3. The minimum Gasteiger partial charge on any atom is -0.493 e. The van der Waals surface area contributed by atoms with Gasteiger partial charge in [0, 0.05) is 6.54 Å². The summed E-state index contributed by atoms with van der Waals surface area (Å²) < 4.78 is 10.7. The van der Waals surface area contributed by atoms with Crippen molar-refractivity contribution in [3.63, 3.8) is 0 Å². The smallest absolute Gasteiger partial charge is 0.325 e. The van der Waals surface area contributed by atoms with Crippen molar-refractivity contribution < 1.29 is 23.9 Å². The number of nitrogens with zero attached hydrogens (tertiary/aromatic N) is 2. The third-order valence-electron chi connectivity index (χ3n) is 6.61. The molecule has 0 bridgehead atoms. The number of imide groups is 1. The van der Waals surface area contributed by atoms with Crippen LogP contribution >= 0.6 is 0 Å². The average molecular weight is 415 g/mol. The standard InChI is InChI=1S/C22H29N3O5/c1-29-17-9-8-15(13-18(17)30-2)16-7-6-12-24(16)19(26)14-25-20(27)22(23-21(25)28)10-4-3-5-11-22/h8-9,13,16H,3-7,10-12,14H2,1-2H3,(H,23,28)/t16-/m0/s1. The van der Waals surface area contributed by atoms with E-state index >= 15 is 0 Å². The number of hydrogen-bond donors (Lipinski definition) is 1. The fraction of sp³-hybridized carbons (Fsp3) is 0.591. The van der Waals surface area contributed by atoms with Crippen molar-refractivity contribution in [3.05, 3.63) is 23.8 Å². The quantitative estimate of drug-likeness (QED) is 0.747. The van der Waals surface area contributed by atoms with Gasteiger partial charge in [0.2, 0.25) is 5.91 Å². The van der Waals surface area contributed by atoms with Gasteiger partial charge in [0.25, 0.3) is 5.91 Å². The second-order valence-electron chi connectivity index (χ2n) is 8.32. The van der Waals surface area contributed by atoms with Gasteiger partial charge in [-0.15, -0.1) is 0 Å². The van der Waals surface area contributed by atoms with E-state index in [0.717, 1.165) is 42.6 Å². The maximum absolute atomic E-state index is 13.1. The Balaban J connectivity index is 1.49. The maximum atomic E-state index is 13.1. The van der Waals surface area contributed by atoms with Crippen LogP contribution in [0.15, 0.2) is 18.2 Å². The summed E-state index contributed by atoms with van der Waals surface area (Å²) >= 11 is 0. The summed E-state index contributed by atoms with van der Waals surface area (Å²) in [5, 5.41) is 2.87. The fourth-order valence-electron chi connectivity index (χ4n) is 5.01. The highest BCUT2D eigenvalue weighted by Gasteiger charge is 2.52. The molecule has 162 valence electrons. The van der Waals surface area contributed by atoms with Crippen molar-refractivity contribution in [2.45, 2.75) is 56.5 Å². The largest absolute Gasteiger partial charge is 0.493 e. The van der Waals surface area contributed by atoms with E-state index in [1.165, 1.54) is 0 Å². The third kappa shape index (κ3) is 3.48. The molecular formula is C22H29N3O5. The van der Waals surface area contributed by atoms with E-state index < -0.39 is 11.6 Å². The Morgan fingerprint density at radius 2 is 1.83 bits per heavy atom. The average Bonchev–Trinajstić information content (AvgIpc) is 3.34. The molecule has 8 heteroatoms. The van der Waals surface area contributed by atoms with E-state index in [1.807, 2.05) is 18.2 Å². The van der Waals surface area contributed by atoms with Crippen LogP contribution in [0.1, 0.15) is 56.6 Å². The lowest BCUT2D eigenvalue weighted by Gasteiger charge is -2.31.